The van der Waals surface area contributed by atoms with E-state index in [9.17, 15) is 9.90 Å². The van der Waals surface area contributed by atoms with Gasteiger partial charge in [-0.3, -0.25) is 4.79 Å². The summed E-state index contributed by atoms with van der Waals surface area (Å²) in [5.41, 5.74) is 0.912. The van der Waals surface area contributed by atoms with E-state index < -0.39 is 18.0 Å². The van der Waals surface area contributed by atoms with Gasteiger partial charge in [-0.25, -0.2) is 0 Å². The molecule has 3 nitrogen and oxygen atoms in total. The van der Waals surface area contributed by atoms with Crippen molar-refractivity contribution in [3.8, 4) is 0 Å². The molecule has 16 heavy (non-hydrogen) atoms. The molecule has 1 aromatic rings. The summed E-state index contributed by atoms with van der Waals surface area (Å²) in [4.78, 5) is 10.7. The lowest BCUT2D eigenvalue weighted by Crippen LogP contribution is -2.24. The van der Waals surface area contributed by atoms with Crippen LogP contribution in [-0.4, -0.2) is 22.3 Å². The van der Waals surface area contributed by atoms with Crippen LogP contribution >= 0.6 is 0 Å². The maximum absolute atomic E-state index is 10.7. The van der Waals surface area contributed by atoms with Crippen LogP contribution in [0.1, 0.15) is 5.56 Å². The van der Waals surface area contributed by atoms with Crippen LogP contribution in [0.15, 0.2) is 49.1 Å². The van der Waals surface area contributed by atoms with Gasteiger partial charge in [0, 0.05) is 0 Å². The highest BCUT2D eigenvalue weighted by Gasteiger charge is 2.20. The fourth-order valence-electron chi connectivity index (χ4n) is 1.28. The van der Waals surface area contributed by atoms with Gasteiger partial charge in [-0.15, -0.1) is 6.58 Å². The average Bonchev–Trinajstić information content (AvgIpc) is 2.28. The van der Waals surface area contributed by atoms with E-state index in [1.807, 2.05) is 30.3 Å². The minimum absolute atomic E-state index is 0.912. The lowest BCUT2D eigenvalue weighted by atomic mass is 10.0. The summed E-state index contributed by atoms with van der Waals surface area (Å²) < 4.78 is 0. The molecule has 2 N–H and O–H groups in total. The fourth-order valence-corrected chi connectivity index (χ4v) is 1.28. The Kier molecular flexibility index (Phi) is 4.48. The third-order valence-corrected chi connectivity index (χ3v) is 2.19. The van der Waals surface area contributed by atoms with E-state index in [1.54, 1.807) is 6.08 Å². The highest BCUT2D eigenvalue weighted by molar-refractivity contribution is 5.73. The molecule has 0 saturated heterocycles. The maximum Gasteiger partial charge on any atom is 0.313 e. The van der Waals surface area contributed by atoms with Crippen LogP contribution in [0, 0.1) is 5.92 Å². The van der Waals surface area contributed by atoms with Crippen LogP contribution in [-0.2, 0) is 4.79 Å². The molecule has 0 fully saturated rings. The predicted molar refractivity (Wildman–Crippen MR) is 62.8 cm³/mol. The molecule has 0 bridgehead atoms. The molecule has 84 valence electrons. The van der Waals surface area contributed by atoms with Gasteiger partial charge in [-0.05, 0) is 5.56 Å². The second-order valence-electron chi connectivity index (χ2n) is 3.36. The third kappa shape index (κ3) is 3.37. The Balaban J connectivity index is 2.70. The zero-order valence-electron chi connectivity index (χ0n) is 8.78. The fraction of sp³-hybridized carbons (Fsp3) is 0.154. The monoisotopic (exact) mass is 218 g/mol. The minimum atomic E-state index is -1.08. The molecule has 0 radical (unpaired) electrons. The molecule has 0 aliphatic carbocycles. The van der Waals surface area contributed by atoms with E-state index in [0.29, 0.717) is 0 Å². The Hall–Kier alpha value is -1.87. The van der Waals surface area contributed by atoms with Gasteiger partial charge in [0.25, 0.3) is 0 Å². The van der Waals surface area contributed by atoms with E-state index in [2.05, 4.69) is 6.58 Å². The zero-order chi connectivity index (χ0) is 12.0. The Morgan fingerprint density at radius 1 is 1.31 bits per heavy atom. The summed E-state index contributed by atoms with van der Waals surface area (Å²) in [6.45, 7) is 3.38. The molecular weight excluding hydrogens is 204 g/mol. The van der Waals surface area contributed by atoms with E-state index >= 15 is 0 Å². The smallest absolute Gasteiger partial charge is 0.313 e. The number of aliphatic carboxylic acids is 1. The number of carboxylic acid groups (broad SMARTS) is 1. The number of carbonyl (C=O) groups is 1. The van der Waals surface area contributed by atoms with Crippen molar-refractivity contribution in [1.82, 2.24) is 0 Å². The molecule has 0 unspecified atom stereocenters. The van der Waals surface area contributed by atoms with Crippen LogP contribution < -0.4 is 0 Å². The molecule has 3 heteroatoms. The first-order chi connectivity index (χ1) is 7.65. The third-order valence-electron chi connectivity index (χ3n) is 2.19. The number of carboxylic acids is 1. The maximum atomic E-state index is 10.7. The van der Waals surface area contributed by atoms with E-state index in [-0.39, 0.29) is 0 Å². The summed E-state index contributed by atoms with van der Waals surface area (Å²) in [5, 5.41) is 18.4. The molecule has 0 aliphatic heterocycles. The molecule has 0 amide bonds. The Morgan fingerprint density at radius 3 is 2.44 bits per heavy atom. The van der Waals surface area contributed by atoms with Gasteiger partial charge < -0.3 is 10.2 Å². The molecule has 0 spiro atoms. The van der Waals surface area contributed by atoms with Crippen LogP contribution in [0.5, 0.6) is 0 Å². The quantitative estimate of drug-likeness (QED) is 0.742. The van der Waals surface area contributed by atoms with Crippen molar-refractivity contribution in [3.05, 3.63) is 54.6 Å². The van der Waals surface area contributed by atoms with E-state index in [1.165, 1.54) is 12.2 Å². The second kappa shape index (κ2) is 5.88. The minimum Gasteiger partial charge on any atom is -0.481 e. The predicted octanol–water partition coefficient (Wildman–Crippen LogP) is 1.95. The van der Waals surface area contributed by atoms with Crippen molar-refractivity contribution in [1.29, 1.82) is 0 Å². The topological polar surface area (TPSA) is 57.5 Å². The number of aliphatic hydroxyl groups is 1. The first kappa shape index (κ1) is 12.2. The van der Waals surface area contributed by atoms with Crippen LogP contribution in [0.25, 0.3) is 6.08 Å². The van der Waals surface area contributed by atoms with Gasteiger partial charge in [0.1, 0.15) is 5.92 Å². The van der Waals surface area contributed by atoms with Crippen LogP contribution in [0.2, 0.25) is 0 Å². The first-order valence-electron chi connectivity index (χ1n) is 4.92. The number of hydrogen-bond acceptors (Lipinski definition) is 2. The van der Waals surface area contributed by atoms with Gasteiger partial charge in [0.2, 0.25) is 0 Å². The Morgan fingerprint density at radius 2 is 1.94 bits per heavy atom. The molecule has 1 aromatic carbocycles. The average molecular weight is 218 g/mol. The first-order valence-corrected chi connectivity index (χ1v) is 4.92. The zero-order valence-corrected chi connectivity index (χ0v) is 8.78. The molecule has 0 aliphatic rings. The van der Waals surface area contributed by atoms with Gasteiger partial charge in [-0.1, -0.05) is 48.6 Å². The van der Waals surface area contributed by atoms with Gasteiger partial charge in [-0.2, -0.15) is 0 Å². The highest BCUT2D eigenvalue weighted by atomic mass is 16.4. The molecule has 1 rings (SSSR count). The summed E-state index contributed by atoms with van der Waals surface area (Å²) in [6.07, 6.45) is 3.30. The van der Waals surface area contributed by atoms with Crippen molar-refractivity contribution >= 4 is 12.0 Å². The van der Waals surface area contributed by atoms with Crippen molar-refractivity contribution in [3.63, 3.8) is 0 Å². The molecule has 0 heterocycles. The lowest BCUT2D eigenvalue weighted by Gasteiger charge is -2.10. The summed E-state index contributed by atoms with van der Waals surface area (Å²) in [6, 6.07) is 9.36. The Labute approximate surface area is 94.4 Å². The molecular formula is C13H14O3. The van der Waals surface area contributed by atoms with Gasteiger partial charge in [0.15, 0.2) is 0 Å². The standard InChI is InChI=1S/C13H14O3/c1-2-11(13(15)16)12(14)9-8-10-6-4-3-5-7-10/h2-9,11-12,14H,1H2,(H,15,16)/t11-,12+/m1/s1. The molecule has 0 aromatic heterocycles. The molecule has 2 atom stereocenters. The number of benzene rings is 1. The van der Waals surface area contributed by atoms with Crippen molar-refractivity contribution in [2.75, 3.05) is 0 Å². The number of rotatable bonds is 5. The van der Waals surface area contributed by atoms with Crippen molar-refractivity contribution < 1.29 is 15.0 Å². The highest BCUT2D eigenvalue weighted by Crippen LogP contribution is 2.09. The van der Waals surface area contributed by atoms with Crippen molar-refractivity contribution in [2.45, 2.75) is 6.10 Å². The summed E-state index contributed by atoms with van der Waals surface area (Å²) in [7, 11) is 0. The number of aliphatic hydroxyl groups excluding tert-OH is 1. The van der Waals surface area contributed by atoms with Gasteiger partial charge >= 0.3 is 5.97 Å². The normalized spacial score (nSPS) is 14.6. The van der Waals surface area contributed by atoms with Crippen LogP contribution in [0.4, 0.5) is 0 Å². The molecule has 0 saturated carbocycles. The summed E-state index contributed by atoms with van der Waals surface area (Å²) >= 11 is 0. The van der Waals surface area contributed by atoms with E-state index in [0.717, 1.165) is 5.56 Å². The van der Waals surface area contributed by atoms with Crippen molar-refractivity contribution in [2.24, 2.45) is 5.92 Å². The lowest BCUT2D eigenvalue weighted by molar-refractivity contribution is -0.142. The largest absolute Gasteiger partial charge is 0.481 e. The SMILES string of the molecule is C=C[C@@H](C(=O)O)[C@@H](O)C=Cc1ccccc1. The van der Waals surface area contributed by atoms with E-state index in [4.69, 9.17) is 5.11 Å². The van der Waals surface area contributed by atoms with Gasteiger partial charge in [0.05, 0.1) is 6.10 Å². The number of hydrogen-bond donors (Lipinski definition) is 2. The second-order valence-corrected chi connectivity index (χ2v) is 3.36. The summed E-state index contributed by atoms with van der Waals surface area (Å²) in [5.74, 6) is -2.06. The van der Waals surface area contributed by atoms with Crippen LogP contribution in [0.3, 0.4) is 0 Å². The Bertz CT molecular complexity index is 381.